The van der Waals surface area contributed by atoms with Crippen molar-refractivity contribution in [3.05, 3.63) is 53.9 Å². The van der Waals surface area contributed by atoms with Crippen molar-refractivity contribution >= 4 is 12.0 Å². The summed E-state index contributed by atoms with van der Waals surface area (Å²) in [7, 11) is 1.38. The number of morpholine rings is 1. The lowest BCUT2D eigenvalue weighted by Crippen LogP contribution is -2.63. The van der Waals surface area contributed by atoms with Crippen LogP contribution in [0.4, 0.5) is 18.0 Å². The number of hydrazone groups is 1. The number of halogens is 3. The molecule has 33 heavy (non-hydrogen) atoms. The van der Waals surface area contributed by atoms with Crippen LogP contribution in [0.5, 0.6) is 5.75 Å². The van der Waals surface area contributed by atoms with Gasteiger partial charge in [-0.1, -0.05) is 18.2 Å². The Labute approximate surface area is 187 Å². The molecule has 0 radical (unpaired) electrons. The molecule has 2 amide bonds. The second kappa shape index (κ2) is 8.32. The van der Waals surface area contributed by atoms with E-state index in [1.807, 2.05) is 5.32 Å². The summed E-state index contributed by atoms with van der Waals surface area (Å²) in [6.45, 7) is 5.37. The van der Waals surface area contributed by atoms with Gasteiger partial charge in [0.1, 0.15) is 17.4 Å². The Kier molecular flexibility index (Phi) is 5.67. The fourth-order valence-corrected chi connectivity index (χ4v) is 4.09. The number of nitriles is 1. The largest absolute Gasteiger partial charge is 0.497 e. The van der Waals surface area contributed by atoms with Gasteiger partial charge in [-0.25, -0.2) is 4.79 Å². The summed E-state index contributed by atoms with van der Waals surface area (Å²) in [6, 6.07) is 5.64. The van der Waals surface area contributed by atoms with E-state index in [1.54, 1.807) is 11.0 Å². The Morgan fingerprint density at radius 1 is 1.33 bits per heavy atom. The highest BCUT2D eigenvalue weighted by molar-refractivity contribution is 5.91. The molecule has 0 spiro atoms. The second-order valence-corrected chi connectivity index (χ2v) is 7.43. The number of alkyl halides is 3. The summed E-state index contributed by atoms with van der Waals surface area (Å²) < 4.78 is 54.6. The second-order valence-electron chi connectivity index (χ2n) is 7.43. The van der Waals surface area contributed by atoms with Crippen LogP contribution in [0.1, 0.15) is 5.56 Å². The van der Waals surface area contributed by atoms with Gasteiger partial charge < -0.3 is 19.7 Å². The minimum absolute atomic E-state index is 0.0387. The van der Waals surface area contributed by atoms with E-state index in [9.17, 15) is 23.2 Å². The van der Waals surface area contributed by atoms with Gasteiger partial charge in [-0.2, -0.15) is 23.4 Å². The predicted octanol–water partition coefficient (Wildman–Crippen LogP) is 2.32. The van der Waals surface area contributed by atoms with E-state index >= 15 is 0 Å². The van der Waals surface area contributed by atoms with Crippen LogP contribution in [0.2, 0.25) is 0 Å². The summed E-state index contributed by atoms with van der Waals surface area (Å²) in [5.41, 5.74) is -4.10. The van der Waals surface area contributed by atoms with E-state index in [0.717, 1.165) is 5.01 Å². The van der Waals surface area contributed by atoms with Crippen molar-refractivity contribution in [1.29, 1.82) is 5.26 Å². The molecule has 0 aliphatic carbocycles. The lowest BCUT2D eigenvalue weighted by molar-refractivity contribution is -0.186. The molecule has 3 aliphatic heterocycles. The molecule has 1 atom stereocenters. The maximum atomic E-state index is 14.7. The molecule has 1 saturated heterocycles. The summed E-state index contributed by atoms with van der Waals surface area (Å²) in [6.07, 6.45) is -3.57. The quantitative estimate of drug-likeness (QED) is 0.691. The number of amides is 2. The maximum absolute atomic E-state index is 14.7. The van der Waals surface area contributed by atoms with Crippen LogP contribution in [0.25, 0.3) is 0 Å². The SMILES string of the molecule is C=CCN1C(N2CCOCC2)=NN2C(=O)N[C@@](c3ccc(OC)cc3)(C(F)(F)F)C(C#N)=C12. The third-order valence-corrected chi connectivity index (χ3v) is 5.64. The van der Waals surface area contributed by atoms with Gasteiger partial charge >= 0.3 is 12.2 Å². The lowest BCUT2D eigenvalue weighted by Gasteiger charge is -2.42. The standard InChI is InChI=1S/C21H21F3N6O3/c1-3-8-29-17-16(13-25)20(21(22,23)24,14-4-6-15(32-2)7-5-14)26-19(31)30(17)27-18(29)28-9-11-33-12-10-28/h3-7H,1,8-12H2,2H3,(H,26,31)/t20-/m1/s1. The molecule has 3 aliphatic rings. The van der Waals surface area contributed by atoms with Crippen LogP contribution in [0.3, 0.4) is 0 Å². The van der Waals surface area contributed by atoms with Crippen molar-refractivity contribution in [2.45, 2.75) is 11.7 Å². The number of carbonyl (C=O) groups excluding carboxylic acids is 1. The van der Waals surface area contributed by atoms with Gasteiger partial charge in [-0.05, 0) is 17.7 Å². The topological polar surface area (TPSA) is 93.4 Å². The minimum atomic E-state index is -5.04. The molecule has 0 aromatic heterocycles. The zero-order chi connectivity index (χ0) is 23.8. The zero-order valence-electron chi connectivity index (χ0n) is 17.7. The van der Waals surface area contributed by atoms with Gasteiger partial charge in [0.2, 0.25) is 11.5 Å². The number of methoxy groups -OCH3 is 1. The third-order valence-electron chi connectivity index (χ3n) is 5.64. The fourth-order valence-electron chi connectivity index (χ4n) is 4.09. The van der Waals surface area contributed by atoms with Crippen molar-refractivity contribution in [3.63, 3.8) is 0 Å². The number of urea groups is 1. The van der Waals surface area contributed by atoms with E-state index in [-0.39, 0.29) is 23.9 Å². The first-order valence-corrected chi connectivity index (χ1v) is 10.1. The highest BCUT2D eigenvalue weighted by Gasteiger charge is 2.65. The Morgan fingerprint density at radius 2 is 2.00 bits per heavy atom. The van der Waals surface area contributed by atoms with E-state index in [0.29, 0.717) is 32.1 Å². The molecule has 1 fully saturated rings. The molecule has 12 heteroatoms. The van der Waals surface area contributed by atoms with Gasteiger partial charge in [0.25, 0.3) is 0 Å². The fraction of sp³-hybridized carbons (Fsp3) is 0.381. The highest BCUT2D eigenvalue weighted by atomic mass is 19.4. The third kappa shape index (κ3) is 3.45. The van der Waals surface area contributed by atoms with Crippen LogP contribution in [0, 0.1) is 11.3 Å². The number of nitrogens with zero attached hydrogens (tertiary/aromatic N) is 5. The number of nitrogens with one attached hydrogen (secondary N) is 1. The summed E-state index contributed by atoms with van der Waals surface area (Å²) in [5.74, 6) is 0.331. The Balaban J connectivity index is 1.94. The molecule has 0 saturated carbocycles. The lowest BCUT2D eigenvalue weighted by atomic mass is 9.80. The number of benzene rings is 1. The highest BCUT2D eigenvalue weighted by Crippen LogP contribution is 2.49. The molecule has 9 nitrogen and oxygen atoms in total. The molecule has 4 rings (SSSR count). The van der Waals surface area contributed by atoms with Crippen molar-refractivity contribution in [2.75, 3.05) is 40.0 Å². The molecule has 1 aromatic rings. The van der Waals surface area contributed by atoms with Crippen molar-refractivity contribution < 1.29 is 27.4 Å². The van der Waals surface area contributed by atoms with E-state index in [4.69, 9.17) is 9.47 Å². The number of rotatable bonds is 4. The zero-order valence-corrected chi connectivity index (χ0v) is 17.7. The summed E-state index contributed by atoms with van der Waals surface area (Å²) in [5, 5.41) is 17.1. The molecule has 3 heterocycles. The van der Waals surface area contributed by atoms with Gasteiger partial charge in [0, 0.05) is 19.6 Å². The molecular weight excluding hydrogens is 441 g/mol. The van der Waals surface area contributed by atoms with Crippen molar-refractivity contribution in [3.8, 4) is 11.8 Å². The molecule has 1 aromatic carbocycles. The average molecular weight is 462 g/mol. The normalized spacial score (nSPS) is 23.1. The predicted molar refractivity (Wildman–Crippen MR) is 110 cm³/mol. The number of fused-ring (bicyclic) bond motifs is 1. The first-order valence-electron chi connectivity index (χ1n) is 10.1. The molecule has 174 valence electrons. The van der Waals surface area contributed by atoms with Gasteiger partial charge in [0.05, 0.1) is 20.3 Å². The Hall–Kier alpha value is -3.72. The maximum Gasteiger partial charge on any atom is 0.421 e. The minimum Gasteiger partial charge on any atom is -0.497 e. The average Bonchev–Trinajstić information content (AvgIpc) is 3.19. The van der Waals surface area contributed by atoms with Crippen LogP contribution in [0.15, 0.2) is 53.4 Å². The van der Waals surface area contributed by atoms with Crippen molar-refractivity contribution in [2.24, 2.45) is 5.10 Å². The molecular formula is C21H21F3N6O3. The number of hydrogen-bond donors (Lipinski definition) is 1. The monoisotopic (exact) mass is 462 g/mol. The van der Waals surface area contributed by atoms with E-state index in [2.05, 4.69) is 11.7 Å². The molecule has 1 N–H and O–H groups in total. The van der Waals surface area contributed by atoms with Crippen molar-refractivity contribution in [1.82, 2.24) is 20.1 Å². The number of carbonyl (C=O) groups is 1. The van der Waals surface area contributed by atoms with Crippen LogP contribution < -0.4 is 10.1 Å². The van der Waals surface area contributed by atoms with Crippen LogP contribution >= 0.6 is 0 Å². The van der Waals surface area contributed by atoms with Crippen LogP contribution in [-0.2, 0) is 10.3 Å². The number of guanidine groups is 1. The number of ether oxygens (including phenoxy) is 2. The Morgan fingerprint density at radius 3 is 2.55 bits per heavy atom. The summed E-state index contributed by atoms with van der Waals surface area (Å²) >= 11 is 0. The molecule has 0 unspecified atom stereocenters. The smallest absolute Gasteiger partial charge is 0.421 e. The first kappa shape index (κ1) is 22.5. The first-order chi connectivity index (χ1) is 15.8. The van der Waals surface area contributed by atoms with Gasteiger partial charge in [-0.15, -0.1) is 11.7 Å². The van der Waals surface area contributed by atoms with E-state index < -0.39 is 23.3 Å². The molecule has 0 bridgehead atoms. The summed E-state index contributed by atoms with van der Waals surface area (Å²) in [4.78, 5) is 16.2. The van der Waals surface area contributed by atoms with Gasteiger partial charge in [0.15, 0.2) is 5.82 Å². The number of hydrogen-bond acceptors (Lipinski definition) is 7. The Bertz CT molecular complexity index is 1060. The van der Waals surface area contributed by atoms with Gasteiger partial charge in [-0.3, -0.25) is 4.90 Å². The van der Waals surface area contributed by atoms with E-state index in [1.165, 1.54) is 42.4 Å². The van der Waals surface area contributed by atoms with Crippen LogP contribution in [-0.4, -0.2) is 72.9 Å².